The van der Waals surface area contributed by atoms with Gasteiger partial charge in [-0.1, -0.05) is 29.3 Å². The highest BCUT2D eigenvalue weighted by molar-refractivity contribution is 6.37. The number of rotatable bonds is 13. The van der Waals surface area contributed by atoms with Gasteiger partial charge in [-0.25, -0.2) is 14.4 Å². The van der Waals surface area contributed by atoms with Gasteiger partial charge in [-0.15, -0.1) is 0 Å². The van der Waals surface area contributed by atoms with E-state index in [0.717, 1.165) is 0 Å². The maximum Gasteiger partial charge on any atom is 0.341 e. The predicted octanol–water partition coefficient (Wildman–Crippen LogP) is 2.98. The lowest BCUT2D eigenvalue weighted by Gasteiger charge is -2.28. The molecule has 220 valence electrons. The number of nitrogens with one attached hydrogen (secondary N) is 3. The minimum Gasteiger partial charge on any atom is -0.490 e. The number of methoxy groups -OCH3 is 1. The second kappa shape index (κ2) is 14.4. The first-order chi connectivity index (χ1) is 19.5. The van der Waals surface area contributed by atoms with E-state index >= 15 is 0 Å². The smallest absolute Gasteiger partial charge is 0.341 e. The van der Waals surface area contributed by atoms with Gasteiger partial charge in [-0.2, -0.15) is 5.10 Å². The number of hydrogen-bond donors (Lipinski definition) is 5. The van der Waals surface area contributed by atoms with Crippen LogP contribution in [0.4, 0.5) is 4.79 Å². The fourth-order valence-corrected chi connectivity index (χ4v) is 4.36. The fourth-order valence-electron chi connectivity index (χ4n) is 3.75. The molecule has 0 fully saturated rings. The molecule has 1 aliphatic rings. The number of carboxylic acid groups (broad SMARTS) is 1. The molecule has 2 atom stereocenters. The van der Waals surface area contributed by atoms with Crippen LogP contribution in [0, 0.1) is 0 Å². The van der Waals surface area contributed by atoms with Crippen LogP contribution >= 0.6 is 23.2 Å². The summed E-state index contributed by atoms with van der Waals surface area (Å²) in [5, 5.41) is 28.4. The van der Waals surface area contributed by atoms with E-state index < -0.39 is 36.8 Å². The monoisotopic (exact) mass is 610 g/mol. The van der Waals surface area contributed by atoms with E-state index in [9.17, 15) is 19.5 Å². The molecule has 1 aliphatic heterocycles. The van der Waals surface area contributed by atoms with Crippen molar-refractivity contribution in [3.63, 3.8) is 0 Å². The molecular weight excluding hydrogens is 583 g/mol. The van der Waals surface area contributed by atoms with Crippen LogP contribution in [0.3, 0.4) is 0 Å². The molecule has 0 saturated carbocycles. The Bertz CT molecular complexity index is 1340. The molecule has 1 heterocycles. The first-order valence-corrected chi connectivity index (χ1v) is 12.9. The van der Waals surface area contributed by atoms with Gasteiger partial charge in [0.1, 0.15) is 6.61 Å². The minimum atomic E-state index is -1.23. The van der Waals surface area contributed by atoms with Crippen LogP contribution in [-0.4, -0.2) is 67.6 Å². The van der Waals surface area contributed by atoms with Crippen molar-refractivity contribution in [3.05, 3.63) is 62.8 Å². The number of hydrazone groups is 1. The molecule has 41 heavy (non-hydrogen) atoms. The maximum atomic E-state index is 12.4. The molecule has 0 spiro atoms. The summed E-state index contributed by atoms with van der Waals surface area (Å²) < 4.78 is 21.4. The Balaban J connectivity index is 1.67. The number of benzene rings is 2. The molecule has 0 aliphatic carbocycles. The number of allylic oxidation sites excluding steroid dienone is 1. The molecule has 5 N–H and O–H groups in total. The Morgan fingerprint density at radius 1 is 1.15 bits per heavy atom. The standard InChI is InChI=1S/C26H28Cl2N4O9/c1-4-39-19-9-15(23-22(25(36)38-3)13(2)30-26(37)31-23)5-6-18(19)40-11-20(33)32-29-10-14-7-16(27)24(17(28)8-14)41-12-21(34)35/h5-10,20,23,32-33H,4,11-12H2,1-3H3,(H,34,35)(H2,30,31,37)/b29-10-/t20-,23-/m1/s1. The number of ether oxygens (including phenoxy) is 4. The zero-order valence-electron chi connectivity index (χ0n) is 22.2. The van der Waals surface area contributed by atoms with Gasteiger partial charge in [-0.3, -0.25) is 5.43 Å². The number of aliphatic hydroxyl groups excluding tert-OH is 1. The summed E-state index contributed by atoms with van der Waals surface area (Å²) in [5.41, 5.74) is 4.11. The van der Waals surface area contributed by atoms with Gasteiger partial charge >= 0.3 is 18.0 Å². The van der Waals surface area contributed by atoms with E-state index in [1.54, 1.807) is 32.0 Å². The Morgan fingerprint density at radius 2 is 1.85 bits per heavy atom. The number of nitrogens with zero attached hydrogens (tertiary/aromatic N) is 1. The summed E-state index contributed by atoms with van der Waals surface area (Å²) in [5.74, 6) is -1.12. The minimum absolute atomic E-state index is 0.0283. The van der Waals surface area contributed by atoms with Crippen molar-refractivity contribution in [1.82, 2.24) is 16.1 Å². The van der Waals surface area contributed by atoms with Crippen molar-refractivity contribution in [2.45, 2.75) is 26.1 Å². The lowest BCUT2D eigenvalue weighted by Crippen LogP contribution is -2.45. The number of aliphatic carboxylic acids is 1. The highest BCUT2D eigenvalue weighted by atomic mass is 35.5. The lowest BCUT2D eigenvalue weighted by atomic mass is 9.95. The molecular formula is C26H28Cl2N4O9. The molecule has 0 unspecified atom stereocenters. The van der Waals surface area contributed by atoms with E-state index in [-0.39, 0.29) is 28.0 Å². The molecule has 2 amide bonds. The maximum absolute atomic E-state index is 12.4. The largest absolute Gasteiger partial charge is 0.490 e. The van der Waals surface area contributed by atoms with E-state index in [2.05, 4.69) is 21.2 Å². The van der Waals surface area contributed by atoms with Crippen LogP contribution in [-0.2, 0) is 14.3 Å². The summed E-state index contributed by atoms with van der Waals surface area (Å²) in [6, 6.07) is 6.53. The van der Waals surface area contributed by atoms with E-state index in [0.29, 0.717) is 34.9 Å². The number of hydrogen-bond acceptors (Lipinski definition) is 10. The van der Waals surface area contributed by atoms with Gasteiger partial charge < -0.3 is 39.8 Å². The Labute approximate surface area is 245 Å². The average molecular weight is 611 g/mol. The van der Waals surface area contributed by atoms with Gasteiger partial charge in [0.25, 0.3) is 0 Å². The van der Waals surface area contributed by atoms with Crippen molar-refractivity contribution in [2.75, 3.05) is 26.9 Å². The molecule has 2 aromatic rings. The summed E-state index contributed by atoms with van der Waals surface area (Å²) in [7, 11) is 1.25. The number of esters is 1. The van der Waals surface area contributed by atoms with Gasteiger partial charge in [0.15, 0.2) is 30.1 Å². The van der Waals surface area contributed by atoms with Crippen LogP contribution in [0.2, 0.25) is 10.0 Å². The number of amides is 2. The van der Waals surface area contributed by atoms with Gasteiger partial charge in [0.2, 0.25) is 0 Å². The van der Waals surface area contributed by atoms with Crippen molar-refractivity contribution >= 4 is 47.4 Å². The summed E-state index contributed by atoms with van der Waals surface area (Å²) in [6.45, 7) is 2.85. The zero-order valence-corrected chi connectivity index (χ0v) is 23.7. The highest BCUT2D eigenvalue weighted by Crippen LogP contribution is 2.35. The molecule has 0 bridgehead atoms. The number of aliphatic hydroxyl groups is 1. The topological polar surface area (TPSA) is 177 Å². The van der Waals surface area contributed by atoms with Crippen molar-refractivity contribution < 1.29 is 43.5 Å². The Kier molecular flexibility index (Phi) is 11.0. The summed E-state index contributed by atoms with van der Waals surface area (Å²) in [4.78, 5) is 35.2. The van der Waals surface area contributed by atoms with Crippen LogP contribution < -0.4 is 30.3 Å². The van der Waals surface area contributed by atoms with Gasteiger partial charge in [0, 0.05) is 5.70 Å². The quantitative estimate of drug-likeness (QED) is 0.0980. The molecule has 0 saturated heterocycles. The number of carbonyl (C=O) groups is 3. The second-order valence-electron chi connectivity index (χ2n) is 8.41. The van der Waals surface area contributed by atoms with Crippen LogP contribution in [0.15, 0.2) is 46.7 Å². The number of halogens is 2. The number of carbonyl (C=O) groups excluding carboxylic acids is 2. The van der Waals surface area contributed by atoms with Crippen LogP contribution in [0.5, 0.6) is 17.2 Å². The summed E-state index contributed by atoms with van der Waals surface area (Å²) >= 11 is 12.2. The Morgan fingerprint density at radius 3 is 2.49 bits per heavy atom. The van der Waals surface area contributed by atoms with Crippen LogP contribution in [0.1, 0.15) is 31.0 Å². The second-order valence-corrected chi connectivity index (χ2v) is 9.23. The number of urea groups is 1. The molecule has 0 aromatic heterocycles. The molecule has 3 rings (SSSR count). The summed E-state index contributed by atoms with van der Waals surface area (Å²) in [6.07, 6.45) is 0.106. The lowest BCUT2D eigenvalue weighted by molar-refractivity contribution is -0.139. The highest BCUT2D eigenvalue weighted by Gasteiger charge is 2.32. The van der Waals surface area contributed by atoms with E-state index in [1.807, 2.05) is 0 Å². The third kappa shape index (κ3) is 8.39. The van der Waals surface area contributed by atoms with Crippen LogP contribution in [0.25, 0.3) is 0 Å². The predicted molar refractivity (Wildman–Crippen MR) is 149 cm³/mol. The van der Waals surface area contributed by atoms with Crippen molar-refractivity contribution in [1.29, 1.82) is 0 Å². The van der Waals surface area contributed by atoms with E-state index in [1.165, 1.54) is 25.5 Å². The molecule has 15 heteroatoms. The molecule has 13 nitrogen and oxygen atoms in total. The zero-order chi connectivity index (χ0) is 30.1. The first-order valence-electron chi connectivity index (χ1n) is 12.1. The van der Waals surface area contributed by atoms with Crippen molar-refractivity contribution in [2.24, 2.45) is 5.10 Å². The van der Waals surface area contributed by atoms with Gasteiger partial charge in [0.05, 0.1) is 41.6 Å². The van der Waals surface area contributed by atoms with Crippen molar-refractivity contribution in [3.8, 4) is 17.2 Å². The normalized spacial score (nSPS) is 15.6. The third-order valence-electron chi connectivity index (χ3n) is 5.47. The van der Waals surface area contributed by atoms with Gasteiger partial charge in [-0.05, 0) is 49.2 Å². The van der Waals surface area contributed by atoms with E-state index in [4.69, 9.17) is 47.3 Å². The average Bonchev–Trinajstić information content (AvgIpc) is 2.91. The third-order valence-corrected chi connectivity index (χ3v) is 6.03. The molecule has 2 aromatic carbocycles. The Hall–Kier alpha value is -4.20. The molecule has 0 radical (unpaired) electrons. The first kappa shape index (κ1) is 31.3. The SMILES string of the molecule is CCOc1cc([C@H]2NC(=O)NC(C)=C2C(=O)OC)ccc1OC[C@@H](O)N/N=C\c1cc(Cl)c(OCC(=O)O)c(Cl)c1. The number of carboxylic acids is 1. The fraction of sp³-hybridized carbons (Fsp3) is 0.308.